The molecule has 0 saturated heterocycles. The number of nitrogen functional groups attached to an aromatic ring is 1. The van der Waals surface area contributed by atoms with Gasteiger partial charge in [-0.25, -0.2) is 0 Å². The normalized spacial score (nSPS) is 11.3. The van der Waals surface area contributed by atoms with E-state index < -0.39 is 23.3 Å². The average Bonchev–Trinajstić information content (AvgIpc) is 2.88. The molecule has 3 N–H and O–H groups in total. The Bertz CT molecular complexity index is 609. The van der Waals surface area contributed by atoms with Gasteiger partial charge in [0.25, 0.3) is 5.91 Å². The van der Waals surface area contributed by atoms with Crippen LogP contribution < -0.4 is 11.1 Å². The summed E-state index contributed by atoms with van der Waals surface area (Å²) in [5, 5.41) is 5.99. The van der Waals surface area contributed by atoms with Crippen molar-refractivity contribution >= 4 is 11.6 Å². The zero-order valence-corrected chi connectivity index (χ0v) is 10.1. The molecule has 0 spiro atoms. The molecule has 0 radical (unpaired) electrons. The molecule has 0 fully saturated rings. The minimum absolute atomic E-state index is 0.0566. The molecule has 2 aromatic rings. The minimum Gasteiger partial charge on any atom is -0.398 e. The van der Waals surface area contributed by atoms with Crippen LogP contribution in [0.25, 0.3) is 0 Å². The van der Waals surface area contributed by atoms with Crippen LogP contribution in [0.5, 0.6) is 0 Å². The Labute approximate surface area is 111 Å². The predicted octanol–water partition coefficient (Wildman–Crippen LogP) is 2.21. The fourth-order valence-electron chi connectivity index (χ4n) is 1.54. The van der Waals surface area contributed by atoms with Crippen molar-refractivity contribution in [2.45, 2.75) is 12.7 Å². The fraction of sp³-hybridized carbons (Fsp3) is 0.167. The zero-order valence-electron chi connectivity index (χ0n) is 10.1. The van der Waals surface area contributed by atoms with E-state index in [0.717, 1.165) is 6.07 Å². The first-order chi connectivity index (χ1) is 9.38. The molecule has 1 amide bonds. The lowest BCUT2D eigenvalue weighted by Gasteiger charge is -2.11. The van der Waals surface area contributed by atoms with Crippen molar-refractivity contribution in [1.82, 2.24) is 10.5 Å². The molecule has 2 rings (SSSR count). The lowest BCUT2D eigenvalue weighted by atomic mass is 10.1. The molecule has 20 heavy (non-hydrogen) atoms. The number of nitrogens with zero attached hydrogens (tertiary/aromatic N) is 1. The second kappa shape index (κ2) is 5.24. The fourth-order valence-corrected chi connectivity index (χ4v) is 1.54. The predicted molar refractivity (Wildman–Crippen MR) is 63.5 cm³/mol. The molecule has 8 heteroatoms. The molecular formula is C12H10F3N3O2. The Kier molecular flexibility index (Phi) is 3.64. The van der Waals surface area contributed by atoms with Gasteiger partial charge < -0.3 is 15.6 Å². The Hall–Kier alpha value is -2.51. The Morgan fingerprint density at radius 1 is 1.35 bits per heavy atom. The van der Waals surface area contributed by atoms with Crippen molar-refractivity contribution in [2.24, 2.45) is 0 Å². The summed E-state index contributed by atoms with van der Waals surface area (Å²) in [6, 6.07) is 4.52. The van der Waals surface area contributed by atoms with E-state index >= 15 is 0 Å². The second-order valence-corrected chi connectivity index (χ2v) is 3.97. The first-order valence-corrected chi connectivity index (χ1v) is 5.52. The number of anilines is 1. The zero-order chi connectivity index (χ0) is 14.8. The van der Waals surface area contributed by atoms with Gasteiger partial charge in [0.1, 0.15) is 12.0 Å². The highest BCUT2D eigenvalue weighted by molar-refractivity contribution is 5.94. The summed E-state index contributed by atoms with van der Waals surface area (Å²) >= 11 is 0. The summed E-state index contributed by atoms with van der Waals surface area (Å²) in [5.74, 6) is -0.654. The molecule has 0 atom stereocenters. The lowest BCUT2D eigenvalue weighted by Crippen LogP contribution is -2.23. The van der Waals surface area contributed by atoms with Crippen molar-refractivity contribution in [3.05, 3.63) is 47.3 Å². The van der Waals surface area contributed by atoms with Crippen molar-refractivity contribution < 1.29 is 22.5 Å². The third kappa shape index (κ3) is 3.08. The quantitative estimate of drug-likeness (QED) is 0.847. The van der Waals surface area contributed by atoms with Gasteiger partial charge in [-0.3, -0.25) is 4.79 Å². The van der Waals surface area contributed by atoms with Gasteiger partial charge in [0.05, 0.1) is 12.1 Å². The number of halogens is 3. The van der Waals surface area contributed by atoms with Crippen LogP contribution in [0.15, 0.2) is 35.1 Å². The van der Waals surface area contributed by atoms with Crippen LogP contribution >= 0.6 is 0 Å². The van der Waals surface area contributed by atoms with Crippen LogP contribution in [-0.2, 0) is 12.7 Å². The molecule has 1 heterocycles. The third-order valence-electron chi connectivity index (χ3n) is 2.54. The van der Waals surface area contributed by atoms with Gasteiger partial charge in [-0.15, -0.1) is 0 Å². The van der Waals surface area contributed by atoms with Crippen molar-refractivity contribution in [3.8, 4) is 0 Å². The van der Waals surface area contributed by atoms with Gasteiger partial charge in [0.2, 0.25) is 0 Å². The summed E-state index contributed by atoms with van der Waals surface area (Å²) in [5.41, 5.74) is 4.12. The van der Waals surface area contributed by atoms with Crippen LogP contribution in [-0.4, -0.2) is 11.1 Å². The van der Waals surface area contributed by atoms with Gasteiger partial charge in [-0.05, 0) is 18.2 Å². The smallest absolute Gasteiger partial charge is 0.398 e. The van der Waals surface area contributed by atoms with Crippen LogP contribution in [0.1, 0.15) is 21.6 Å². The molecule has 0 aliphatic carbocycles. The highest BCUT2D eigenvalue weighted by Gasteiger charge is 2.33. The standard InChI is InChI=1S/C12H10F3N3O2/c13-12(14,15)9-5-7(1-2-10(9)16)11(19)17-6-8-3-4-20-18-8/h1-5H,6,16H2,(H,17,19). The number of hydrogen-bond donors (Lipinski definition) is 2. The monoisotopic (exact) mass is 285 g/mol. The molecular weight excluding hydrogens is 275 g/mol. The molecule has 0 saturated carbocycles. The summed E-state index contributed by atoms with van der Waals surface area (Å²) in [4.78, 5) is 11.8. The van der Waals surface area contributed by atoms with Crippen molar-refractivity contribution in [3.63, 3.8) is 0 Å². The number of alkyl halides is 3. The van der Waals surface area contributed by atoms with Crippen LogP contribution in [0.3, 0.4) is 0 Å². The Balaban J connectivity index is 2.14. The molecule has 106 valence electrons. The van der Waals surface area contributed by atoms with Crippen LogP contribution in [0, 0.1) is 0 Å². The third-order valence-corrected chi connectivity index (χ3v) is 2.54. The number of carbonyl (C=O) groups excluding carboxylic acids is 1. The molecule has 1 aromatic carbocycles. The number of carbonyl (C=O) groups is 1. The maximum Gasteiger partial charge on any atom is 0.418 e. The average molecular weight is 285 g/mol. The lowest BCUT2D eigenvalue weighted by molar-refractivity contribution is -0.136. The van der Waals surface area contributed by atoms with E-state index in [2.05, 4.69) is 15.0 Å². The Morgan fingerprint density at radius 3 is 2.70 bits per heavy atom. The van der Waals surface area contributed by atoms with Crippen molar-refractivity contribution in [1.29, 1.82) is 0 Å². The van der Waals surface area contributed by atoms with E-state index in [-0.39, 0.29) is 12.1 Å². The molecule has 0 bridgehead atoms. The highest BCUT2D eigenvalue weighted by Crippen LogP contribution is 2.33. The molecule has 0 aliphatic heterocycles. The van der Waals surface area contributed by atoms with E-state index in [4.69, 9.17) is 5.73 Å². The van der Waals surface area contributed by atoms with Crippen LogP contribution in [0.4, 0.5) is 18.9 Å². The number of nitrogens with two attached hydrogens (primary N) is 1. The van der Waals surface area contributed by atoms with Gasteiger partial charge in [0.15, 0.2) is 0 Å². The molecule has 0 aliphatic rings. The largest absolute Gasteiger partial charge is 0.418 e. The first-order valence-electron chi connectivity index (χ1n) is 5.52. The van der Waals surface area contributed by atoms with E-state index in [9.17, 15) is 18.0 Å². The highest BCUT2D eigenvalue weighted by atomic mass is 19.4. The summed E-state index contributed by atoms with van der Waals surface area (Å²) < 4.78 is 42.6. The topological polar surface area (TPSA) is 81.2 Å². The van der Waals surface area contributed by atoms with E-state index in [0.29, 0.717) is 11.8 Å². The number of amides is 1. The Morgan fingerprint density at radius 2 is 2.10 bits per heavy atom. The molecule has 0 unspecified atom stereocenters. The first kappa shape index (κ1) is 13.9. The van der Waals surface area contributed by atoms with Crippen LogP contribution in [0.2, 0.25) is 0 Å². The van der Waals surface area contributed by atoms with Gasteiger partial charge in [0, 0.05) is 17.3 Å². The SMILES string of the molecule is Nc1ccc(C(=O)NCc2ccon2)cc1C(F)(F)F. The maximum atomic E-state index is 12.7. The minimum atomic E-state index is -4.60. The number of hydrogen-bond acceptors (Lipinski definition) is 4. The summed E-state index contributed by atoms with van der Waals surface area (Å²) in [6.45, 7) is 0.0566. The molecule has 5 nitrogen and oxygen atoms in total. The van der Waals surface area contributed by atoms with Gasteiger partial charge >= 0.3 is 6.18 Å². The summed E-state index contributed by atoms with van der Waals surface area (Å²) in [6.07, 6.45) is -3.28. The van der Waals surface area contributed by atoms with E-state index in [1.54, 1.807) is 0 Å². The number of aromatic nitrogens is 1. The van der Waals surface area contributed by atoms with Gasteiger partial charge in [-0.2, -0.15) is 13.2 Å². The number of nitrogens with one attached hydrogen (secondary N) is 1. The second-order valence-electron chi connectivity index (χ2n) is 3.97. The summed E-state index contributed by atoms with van der Waals surface area (Å²) in [7, 11) is 0. The van der Waals surface area contributed by atoms with Gasteiger partial charge in [-0.1, -0.05) is 5.16 Å². The maximum absolute atomic E-state index is 12.7. The molecule has 1 aromatic heterocycles. The van der Waals surface area contributed by atoms with Crippen molar-refractivity contribution in [2.75, 3.05) is 5.73 Å². The number of rotatable bonds is 3. The van der Waals surface area contributed by atoms with E-state index in [1.807, 2.05) is 0 Å². The number of benzene rings is 1. The van der Waals surface area contributed by atoms with E-state index in [1.165, 1.54) is 18.4 Å².